The van der Waals surface area contributed by atoms with Crippen LogP contribution >= 0.6 is 50.9 Å². The van der Waals surface area contributed by atoms with Crippen LogP contribution in [-0.4, -0.2) is 11.7 Å². The van der Waals surface area contributed by atoms with Gasteiger partial charge < -0.3 is 5.32 Å². The average molecular weight is 391 g/mol. The molecular formula is C14H10BrCl2NOS. The molecule has 0 radical (unpaired) electrons. The minimum absolute atomic E-state index is 0.0702. The van der Waals surface area contributed by atoms with Gasteiger partial charge in [-0.2, -0.15) is 0 Å². The number of hydrogen-bond acceptors (Lipinski definition) is 2. The third kappa shape index (κ3) is 4.70. The molecule has 0 aliphatic heterocycles. The second kappa shape index (κ2) is 7.36. The Labute approximate surface area is 140 Å². The first-order valence-electron chi connectivity index (χ1n) is 5.68. The van der Waals surface area contributed by atoms with Crippen molar-refractivity contribution in [2.45, 2.75) is 4.90 Å². The van der Waals surface area contributed by atoms with E-state index in [1.807, 2.05) is 12.1 Å². The molecule has 20 heavy (non-hydrogen) atoms. The smallest absolute Gasteiger partial charge is 0.234 e. The lowest BCUT2D eigenvalue weighted by Gasteiger charge is -2.06. The van der Waals surface area contributed by atoms with Crippen LogP contribution in [0.4, 0.5) is 5.69 Å². The monoisotopic (exact) mass is 389 g/mol. The molecule has 0 saturated heterocycles. The van der Waals surface area contributed by atoms with Gasteiger partial charge in [0, 0.05) is 20.1 Å². The number of carbonyl (C=O) groups is 1. The Hall–Kier alpha value is -0.680. The van der Waals surface area contributed by atoms with Crippen molar-refractivity contribution in [1.82, 2.24) is 0 Å². The predicted octanol–water partition coefficient (Wildman–Crippen LogP) is 5.49. The zero-order valence-electron chi connectivity index (χ0n) is 10.2. The Kier molecular flexibility index (Phi) is 5.78. The lowest BCUT2D eigenvalue weighted by Crippen LogP contribution is -2.13. The maximum atomic E-state index is 11.8. The fourth-order valence-corrected chi connectivity index (χ4v) is 2.77. The lowest BCUT2D eigenvalue weighted by molar-refractivity contribution is -0.113. The number of carbonyl (C=O) groups excluding carboxylic acids is 1. The van der Waals surface area contributed by atoms with Crippen LogP contribution in [0.15, 0.2) is 51.8 Å². The Bertz CT molecular complexity index is 619. The quantitative estimate of drug-likeness (QED) is 0.699. The van der Waals surface area contributed by atoms with Gasteiger partial charge in [-0.25, -0.2) is 0 Å². The Morgan fingerprint density at radius 2 is 1.85 bits per heavy atom. The second-order valence-corrected chi connectivity index (χ2v) is 6.67. The van der Waals surface area contributed by atoms with Crippen molar-refractivity contribution in [2.24, 2.45) is 0 Å². The van der Waals surface area contributed by atoms with Crippen LogP contribution < -0.4 is 5.32 Å². The summed E-state index contributed by atoms with van der Waals surface area (Å²) in [6.07, 6.45) is 0. The molecule has 0 saturated carbocycles. The largest absolute Gasteiger partial charge is 0.325 e. The van der Waals surface area contributed by atoms with E-state index in [0.29, 0.717) is 21.5 Å². The summed E-state index contributed by atoms with van der Waals surface area (Å²) in [7, 11) is 0. The summed E-state index contributed by atoms with van der Waals surface area (Å²) in [6.45, 7) is 0. The van der Waals surface area contributed by atoms with Gasteiger partial charge in [-0.15, -0.1) is 11.8 Å². The van der Waals surface area contributed by atoms with E-state index < -0.39 is 0 Å². The van der Waals surface area contributed by atoms with Gasteiger partial charge in [0.2, 0.25) is 5.91 Å². The third-order valence-electron chi connectivity index (χ3n) is 2.39. The zero-order valence-corrected chi connectivity index (χ0v) is 14.1. The first-order valence-corrected chi connectivity index (χ1v) is 8.21. The van der Waals surface area contributed by atoms with E-state index in [4.69, 9.17) is 23.2 Å². The number of amides is 1. The maximum absolute atomic E-state index is 11.8. The molecule has 2 nitrogen and oxygen atoms in total. The fraction of sp³-hybridized carbons (Fsp3) is 0.0714. The third-order valence-corrected chi connectivity index (χ3v) is 4.86. The summed E-state index contributed by atoms with van der Waals surface area (Å²) in [6, 6.07) is 12.6. The van der Waals surface area contributed by atoms with Crippen LogP contribution in [-0.2, 0) is 4.79 Å². The van der Waals surface area contributed by atoms with E-state index in [0.717, 1.165) is 9.37 Å². The van der Waals surface area contributed by atoms with E-state index in [9.17, 15) is 4.79 Å². The number of anilines is 1. The first kappa shape index (κ1) is 15.7. The maximum Gasteiger partial charge on any atom is 0.234 e. The van der Waals surface area contributed by atoms with Gasteiger partial charge in [0.05, 0.1) is 10.8 Å². The van der Waals surface area contributed by atoms with Gasteiger partial charge in [0.15, 0.2) is 0 Å². The first-order chi connectivity index (χ1) is 9.54. The fourth-order valence-electron chi connectivity index (χ4n) is 1.45. The second-order valence-electron chi connectivity index (χ2n) is 3.92. The number of benzene rings is 2. The normalized spacial score (nSPS) is 10.3. The van der Waals surface area contributed by atoms with Gasteiger partial charge in [-0.3, -0.25) is 4.79 Å². The van der Waals surface area contributed by atoms with Gasteiger partial charge in [0.1, 0.15) is 0 Å². The molecule has 0 fully saturated rings. The molecule has 1 N–H and O–H groups in total. The Balaban J connectivity index is 1.89. The molecule has 0 spiro atoms. The highest BCUT2D eigenvalue weighted by atomic mass is 79.9. The summed E-state index contributed by atoms with van der Waals surface area (Å²) < 4.78 is 0.752. The summed E-state index contributed by atoms with van der Waals surface area (Å²) in [5, 5.41) is 4.11. The van der Waals surface area contributed by atoms with Gasteiger partial charge in [-0.05, 0) is 58.4 Å². The lowest BCUT2D eigenvalue weighted by atomic mass is 10.3. The van der Waals surface area contributed by atoms with Crippen molar-refractivity contribution in [3.63, 3.8) is 0 Å². The molecule has 0 aliphatic rings. The minimum Gasteiger partial charge on any atom is -0.325 e. The van der Waals surface area contributed by atoms with Gasteiger partial charge in [-0.1, -0.05) is 23.2 Å². The van der Waals surface area contributed by atoms with Crippen LogP contribution in [0.1, 0.15) is 0 Å². The minimum atomic E-state index is -0.0702. The molecule has 6 heteroatoms. The van der Waals surface area contributed by atoms with Crippen LogP contribution in [0.2, 0.25) is 10.0 Å². The van der Waals surface area contributed by atoms with E-state index in [1.165, 1.54) is 11.8 Å². The number of nitrogens with one attached hydrogen (secondary N) is 1. The van der Waals surface area contributed by atoms with E-state index in [2.05, 4.69) is 21.2 Å². The molecule has 0 heterocycles. The molecular weight excluding hydrogens is 381 g/mol. The van der Waals surface area contributed by atoms with Crippen molar-refractivity contribution in [2.75, 3.05) is 11.1 Å². The molecule has 1 amide bonds. The SMILES string of the molecule is O=C(CSc1ccc(Cl)cc1)Nc1ccc(Cl)c(Br)c1. The van der Waals surface area contributed by atoms with Crippen molar-refractivity contribution >= 4 is 62.5 Å². The summed E-state index contributed by atoms with van der Waals surface area (Å²) >= 11 is 16.5. The highest BCUT2D eigenvalue weighted by Gasteiger charge is 2.05. The van der Waals surface area contributed by atoms with Gasteiger partial charge >= 0.3 is 0 Å². The Morgan fingerprint density at radius 1 is 1.15 bits per heavy atom. The highest BCUT2D eigenvalue weighted by Crippen LogP contribution is 2.26. The van der Waals surface area contributed by atoms with E-state index in [1.54, 1.807) is 30.3 Å². The molecule has 2 aromatic carbocycles. The topological polar surface area (TPSA) is 29.1 Å². The summed E-state index contributed by atoms with van der Waals surface area (Å²) in [5.41, 5.74) is 0.711. The van der Waals surface area contributed by atoms with Crippen LogP contribution in [0.5, 0.6) is 0 Å². The summed E-state index contributed by atoms with van der Waals surface area (Å²) in [5.74, 6) is 0.265. The van der Waals surface area contributed by atoms with E-state index >= 15 is 0 Å². The van der Waals surface area contributed by atoms with Crippen molar-refractivity contribution in [1.29, 1.82) is 0 Å². The van der Waals surface area contributed by atoms with Gasteiger partial charge in [0.25, 0.3) is 0 Å². The number of halogens is 3. The molecule has 104 valence electrons. The van der Waals surface area contributed by atoms with Crippen molar-refractivity contribution in [3.8, 4) is 0 Å². The highest BCUT2D eigenvalue weighted by molar-refractivity contribution is 9.10. The Morgan fingerprint density at radius 3 is 2.50 bits per heavy atom. The molecule has 0 atom stereocenters. The van der Waals surface area contributed by atoms with Crippen LogP contribution in [0, 0.1) is 0 Å². The van der Waals surface area contributed by atoms with Crippen LogP contribution in [0.3, 0.4) is 0 Å². The molecule has 2 aromatic rings. The molecule has 0 aromatic heterocycles. The predicted molar refractivity (Wildman–Crippen MR) is 90.0 cm³/mol. The zero-order chi connectivity index (χ0) is 14.5. The van der Waals surface area contributed by atoms with E-state index in [-0.39, 0.29) is 5.91 Å². The summed E-state index contributed by atoms with van der Waals surface area (Å²) in [4.78, 5) is 12.8. The standard InChI is InChI=1S/C14H10BrCl2NOS/c15-12-7-10(3-6-13(12)17)18-14(19)8-20-11-4-1-9(16)2-5-11/h1-7H,8H2,(H,18,19). The van der Waals surface area contributed by atoms with Crippen LogP contribution in [0.25, 0.3) is 0 Å². The number of rotatable bonds is 4. The molecule has 0 aliphatic carbocycles. The average Bonchev–Trinajstić information content (AvgIpc) is 2.42. The number of hydrogen-bond donors (Lipinski definition) is 1. The molecule has 0 bridgehead atoms. The van der Waals surface area contributed by atoms with Crippen molar-refractivity contribution in [3.05, 3.63) is 57.0 Å². The number of thioether (sulfide) groups is 1. The molecule has 2 rings (SSSR count). The van der Waals surface area contributed by atoms with Crippen molar-refractivity contribution < 1.29 is 4.79 Å². The molecule has 0 unspecified atom stereocenters.